The van der Waals surface area contributed by atoms with E-state index in [1.807, 2.05) is 0 Å². The van der Waals surface area contributed by atoms with E-state index >= 15 is 0 Å². The highest BCUT2D eigenvalue weighted by Crippen LogP contribution is 2.37. The number of hydrogen-bond acceptors (Lipinski definition) is 4. The lowest BCUT2D eigenvalue weighted by Gasteiger charge is -2.13. The summed E-state index contributed by atoms with van der Waals surface area (Å²) in [4.78, 5) is 14.7. The molecule has 0 N–H and O–H groups in total. The normalized spacial score (nSPS) is 11.4. The Kier molecular flexibility index (Phi) is 4.08. The van der Waals surface area contributed by atoms with Crippen LogP contribution in [-0.2, 0) is 12.8 Å². The van der Waals surface area contributed by atoms with Gasteiger partial charge in [0.2, 0.25) is 0 Å². The highest BCUT2D eigenvalue weighted by Gasteiger charge is 2.34. The summed E-state index contributed by atoms with van der Waals surface area (Å²) in [7, 11) is 0. The molecule has 20 heavy (non-hydrogen) atoms. The lowest BCUT2D eigenvalue weighted by atomic mass is 10.1. The van der Waals surface area contributed by atoms with Crippen molar-refractivity contribution in [3.63, 3.8) is 0 Å². The number of thiazole rings is 1. The molecule has 0 aliphatic carbocycles. The quantitative estimate of drug-likeness (QED) is 0.805. The lowest BCUT2D eigenvalue weighted by Crippen LogP contribution is -2.09. The maximum atomic E-state index is 12.9. The van der Waals surface area contributed by atoms with Crippen LogP contribution in [0.15, 0.2) is 23.6 Å². The molecule has 2 aromatic rings. The summed E-state index contributed by atoms with van der Waals surface area (Å²) < 4.78 is 43.8. The van der Waals surface area contributed by atoms with Crippen LogP contribution in [0.2, 0.25) is 0 Å². The van der Waals surface area contributed by atoms with Crippen LogP contribution in [0.5, 0.6) is 5.75 Å². The molecule has 0 unspecified atom stereocenters. The van der Waals surface area contributed by atoms with Crippen LogP contribution < -0.4 is 4.74 Å². The molecule has 3 nitrogen and oxygen atoms in total. The van der Waals surface area contributed by atoms with Gasteiger partial charge in [0.25, 0.3) is 0 Å². The molecule has 0 saturated heterocycles. The number of carbonyl (C=O) groups is 1. The van der Waals surface area contributed by atoms with E-state index in [4.69, 9.17) is 4.74 Å². The molecular formula is C13H10F3NO2S. The minimum atomic E-state index is -4.58. The number of aromatic nitrogens is 1. The molecule has 1 heterocycles. The molecule has 0 atom stereocenters. The second-order valence-corrected chi connectivity index (χ2v) is 5.08. The Balaban J connectivity index is 2.24. The van der Waals surface area contributed by atoms with Gasteiger partial charge in [-0.15, -0.1) is 11.3 Å². The molecule has 1 aromatic carbocycles. The number of aryl methyl sites for hydroxylation is 1. The van der Waals surface area contributed by atoms with Crippen molar-refractivity contribution < 1.29 is 22.7 Å². The summed E-state index contributed by atoms with van der Waals surface area (Å²) >= 11 is 1.40. The lowest BCUT2D eigenvalue weighted by molar-refractivity contribution is -0.139. The molecule has 0 amide bonds. The van der Waals surface area contributed by atoms with Crippen LogP contribution in [-0.4, -0.2) is 11.3 Å². The Morgan fingerprint density at radius 1 is 1.40 bits per heavy atom. The van der Waals surface area contributed by atoms with Crippen LogP contribution in [0.1, 0.15) is 26.6 Å². The van der Waals surface area contributed by atoms with E-state index in [-0.39, 0.29) is 17.9 Å². The van der Waals surface area contributed by atoms with Crippen LogP contribution in [0.3, 0.4) is 0 Å². The van der Waals surface area contributed by atoms with Crippen LogP contribution >= 0.6 is 11.3 Å². The number of hydrogen-bond donors (Lipinski definition) is 0. The van der Waals surface area contributed by atoms with Gasteiger partial charge < -0.3 is 4.74 Å². The third-order valence-electron chi connectivity index (χ3n) is 2.49. The van der Waals surface area contributed by atoms with E-state index in [0.29, 0.717) is 12.0 Å². The fourth-order valence-electron chi connectivity index (χ4n) is 1.59. The summed E-state index contributed by atoms with van der Waals surface area (Å²) in [5.41, 5.74) is -0.441. The first kappa shape index (κ1) is 14.5. The fourth-order valence-corrected chi connectivity index (χ4v) is 2.19. The number of aldehydes is 1. The second kappa shape index (κ2) is 5.62. The zero-order valence-corrected chi connectivity index (χ0v) is 11.2. The van der Waals surface area contributed by atoms with Gasteiger partial charge >= 0.3 is 6.18 Å². The zero-order chi connectivity index (χ0) is 14.8. The monoisotopic (exact) mass is 301 g/mol. The summed E-state index contributed by atoms with van der Waals surface area (Å²) in [5.74, 6) is -0.311. The second-order valence-electron chi connectivity index (χ2n) is 4.02. The Bertz CT molecular complexity index is 622. The van der Waals surface area contributed by atoms with Gasteiger partial charge in [-0.3, -0.25) is 4.79 Å². The van der Waals surface area contributed by atoms with Crippen LogP contribution in [0.4, 0.5) is 13.2 Å². The molecular weight excluding hydrogens is 291 g/mol. The van der Waals surface area contributed by atoms with E-state index in [9.17, 15) is 18.0 Å². The van der Waals surface area contributed by atoms with Gasteiger partial charge in [-0.05, 0) is 25.1 Å². The van der Waals surface area contributed by atoms with Gasteiger partial charge in [0.1, 0.15) is 18.6 Å². The van der Waals surface area contributed by atoms with Crippen molar-refractivity contribution in [1.29, 1.82) is 0 Å². The molecule has 0 fully saturated rings. The number of nitrogens with zero attached hydrogens (tertiary/aromatic N) is 1. The van der Waals surface area contributed by atoms with E-state index < -0.39 is 11.7 Å². The number of carbonyl (C=O) groups excluding carboxylic acids is 1. The highest BCUT2D eigenvalue weighted by atomic mass is 32.1. The standard InChI is InChI=1S/C13H10F3NO2S/c1-8-17-10(7-20-8)6-19-12-3-2-9(5-18)4-11(12)13(14,15)16/h2-5,7H,6H2,1H3. The molecule has 0 spiro atoms. The zero-order valence-electron chi connectivity index (χ0n) is 10.4. The molecule has 0 aliphatic rings. The minimum Gasteiger partial charge on any atom is -0.487 e. The van der Waals surface area contributed by atoms with Crippen molar-refractivity contribution in [2.45, 2.75) is 19.7 Å². The number of rotatable bonds is 4. The molecule has 106 valence electrons. The van der Waals surface area contributed by atoms with Gasteiger partial charge in [-0.2, -0.15) is 13.2 Å². The maximum Gasteiger partial charge on any atom is 0.419 e. The molecule has 0 bridgehead atoms. The number of ether oxygens (including phenoxy) is 1. The topological polar surface area (TPSA) is 39.2 Å². The Morgan fingerprint density at radius 2 is 2.15 bits per heavy atom. The molecule has 7 heteroatoms. The Morgan fingerprint density at radius 3 is 2.70 bits per heavy atom. The van der Waals surface area contributed by atoms with Gasteiger partial charge in [-0.25, -0.2) is 4.98 Å². The van der Waals surface area contributed by atoms with Gasteiger partial charge in [0.05, 0.1) is 16.3 Å². The van der Waals surface area contributed by atoms with Crippen LogP contribution in [0, 0.1) is 6.92 Å². The van der Waals surface area contributed by atoms with Crippen molar-refractivity contribution in [1.82, 2.24) is 4.98 Å². The van der Waals surface area contributed by atoms with Gasteiger partial charge in [-0.1, -0.05) is 0 Å². The SMILES string of the molecule is Cc1nc(COc2ccc(C=O)cc2C(F)(F)F)cs1. The van der Waals surface area contributed by atoms with E-state index in [2.05, 4.69) is 4.98 Å². The number of benzene rings is 1. The minimum absolute atomic E-state index is 0.0471. The number of halogens is 3. The van der Waals surface area contributed by atoms with Gasteiger partial charge in [0.15, 0.2) is 0 Å². The first-order valence-corrected chi connectivity index (χ1v) is 6.48. The first-order chi connectivity index (χ1) is 9.40. The average Bonchev–Trinajstić information content (AvgIpc) is 2.81. The maximum absolute atomic E-state index is 12.9. The van der Waals surface area contributed by atoms with Crippen LogP contribution in [0.25, 0.3) is 0 Å². The summed E-state index contributed by atoms with van der Waals surface area (Å²) in [5, 5.41) is 2.54. The van der Waals surface area contributed by atoms with Gasteiger partial charge in [0, 0.05) is 10.9 Å². The van der Waals surface area contributed by atoms with Crippen molar-refractivity contribution >= 4 is 17.6 Å². The average molecular weight is 301 g/mol. The number of alkyl halides is 3. The van der Waals surface area contributed by atoms with Crippen molar-refractivity contribution in [3.05, 3.63) is 45.4 Å². The van der Waals surface area contributed by atoms with Crippen molar-refractivity contribution in [2.24, 2.45) is 0 Å². The van der Waals surface area contributed by atoms with E-state index in [0.717, 1.165) is 17.1 Å². The molecule has 0 radical (unpaired) electrons. The largest absolute Gasteiger partial charge is 0.487 e. The van der Waals surface area contributed by atoms with E-state index in [1.54, 1.807) is 12.3 Å². The predicted octanol–water partition coefficient (Wildman–Crippen LogP) is 3.86. The highest BCUT2D eigenvalue weighted by molar-refractivity contribution is 7.09. The summed E-state index contributed by atoms with van der Waals surface area (Å²) in [6.07, 6.45) is -4.21. The van der Waals surface area contributed by atoms with Crippen molar-refractivity contribution in [2.75, 3.05) is 0 Å². The molecule has 2 rings (SSSR count). The molecule has 0 saturated carbocycles. The predicted molar refractivity (Wildman–Crippen MR) is 68.0 cm³/mol. The fraction of sp³-hybridized carbons (Fsp3) is 0.231. The summed E-state index contributed by atoms with van der Waals surface area (Å²) in [6.45, 7) is 1.75. The Labute approximate surface area is 117 Å². The third kappa shape index (κ3) is 3.36. The van der Waals surface area contributed by atoms with Crippen molar-refractivity contribution in [3.8, 4) is 5.75 Å². The molecule has 1 aromatic heterocycles. The first-order valence-electron chi connectivity index (χ1n) is 5.60. The molecule has 0 aliphatic heterocycles. The smallest absolute Gasteiger partial charge is 0.419 e. The third-order valence-corrected chi connectivity index (χ3v) is 3.31. The Hall–Kier alpha value is -1.89. The summed E-state index contributed by atoms with van der Waals surface area (Å²) in [6, 6.07) is 3.20. The van der Waals surface area contributed by atoms with E-state index in [1.165, 1.54) is 17.4 Å².